The second kappa shape index (κ2) is 7.98. The van der Waals surface area contributed by atoms with E-state index in [0.29, 0.717) is 11.3 Å². The quantitative estimate of drug-likeness (QED) is 0.571. The molecule has 0 fully saturated rings. The third-order valence-corrected chi connectivity index (χ3v) is 5.57. The van der Waals surface area contributed by atoms with Gasteiger partial charge in [-0.2, -0.15) is 13.2 Å². The molecule has 0 aliphatic heterocycles. The van der Waals surface area contributed by atoms with Gasteiger partial charge in [-0.1, -0.05) is 24.3 Å². The number of alkyl halides is 3. The number of aromatic nitrogens is 1. The van der Waals surface area contributed by atoms with Crippen LogP contribution in [0, 0.1) is 0 Å². The first-order valence-electron chi connectivity index (χ1n) is 8.65. The maximum Gasteiger partial charge on any atom is 0.434 e. The topological polar surface area (TPSA) is 65.5 Å². The van der Waals surface area contributed by atoms with Crippen molar-refractivity contribution in [1.29, 1.82) is 0 Å². The Hall–Kier alpha value is -3.07. The minimum Gasteiger partial charge on any atom is -0.497 e. The molecule has 1 aromatic heterocycles. The molecule has 0 bridgehead atoms. The molecule has 158 valence electrons. The highest BCUT2D eigenvalue weighted by Crippen LogP contribution is 2.43. The average Bonchev–Trinajstić information content (AvgIpc) is 2.71. The van der Waals surface area contributed by atoms with Gasteiger partial charge in [-0.3, -0.25) is 0 Å². The van der Waals surface area contributed by atoms with Gasteiger partial charge in [0, 0.05) is 17.9 Å². The van der Waals surface area contributed by atoms with E-state index in [0.717, 1.165) is 6.26 Å². The first-order chi connectivity index (χ1) is 14.0. The van der Waals surface area contributed by atoms with E-state index < -0.39 is 21.7 Å². The number of hydrogen-bond acceptors (Lipinski definition) is 5. The van der Waals surface area contributed by atoms with E-state index in [1.165, 1.54) is 56.7 Å². The van der Waals surface area contributed by atoms with E-state index in [1.807, 2.05) is 0 Å². The van der Waals surface area contributed by atoms with Crippen LogP contribution in [-0.4, -0.2) is 33.9 Å². The fraction of sp³-hybridized carbons (Fsp3) is 0.190. The zero-order valence-corrected chi connectivity index (χ0v) is 17.1. The number of methoxy groups -OCH3 is 2. The summed E-state index contributed by atoms with van der Waals surface area (Å²) in [7, 11) is -0.760. The molecule has 0 N–H and O–H groups in total. The fourth-order valence-electron chi connectivity index (χ4n) is 2.99. The lowest BCUT2D eigenvalue weighted by Crippen LogP contribution is -2.12. The van der Waals surface area contributed by atoms with Crippen LogP contribution in [0.1, 0.15) is 5.69 Å². The Morgan fingerprint density at radius 2 is 1.43 bits per heavy atom. The van der Waals surface area contributed by atoms with Gasteiger partial charge in [0.05, 0.1) is 19.1 Å². The molecule has 3 aromatic rings. The number of pyridine rings is 1. The normalized spacial score (nSPS) is 11.9. The van der Waals surface area contributed by atoms with E-state index in [1.54, 1.807) is 12.1 Å². The average molecular weight is 437 g/mol. The van der Waals surface area contributed by atoms with Crippen molar-refractivity contribution in [2.75, 3.05) is 20.5 Å². The molecule has 0 spiro atoms. The Morgan fingerprint density at radius 3 is 1.90 bits per heavy atom. The van der Waals surface area contributed by atoms with E-state index >= 15 is 0 Å². The summed E-state index contributed by atoms with van der Waals surface area (Å²) in [5.41, 5.74) is -0.369. The van der Waals surface area contributed by atoms with E-state index in [9.17, 15) is 21.6 Å². The van der Waals surface area contributed by atoms with Gasteiger partial charge < -0.3 is 9.47 Å². The molecular formula is C21H18F3NO4S. The lowest BCUT2D eigenvalue weighted by atomic mass is 9.93. The second-order valence-electron chi connectivity index (χ2n) is 6.46. The molecule has 0 atom stereocenters. The summed E-state index contributed by atoms with van der Waals surface area (Å²) >= 11 is 0. The van der Waals surface area contributed by atoms with Crippen molar-refractivity contribution >= 4 is 9.84 Å². The van der Waals surface area contributed by atoms with Crippen molar-refractivity contribution in [3.63, 3.8) is 0 Å². The molecular weight excluding hydrogens is 419 g/mol. The molecule has 3 rings (SSSR count). The standard InChI is InChI=1S/C21H18F3NO4S/c1-28-15-8-4-14(5-9-15)19-17(12-18(29-2)25-20(19)21(22,23)24)13-6-10-16(11-7-13)30(3,26)27/h4-12H,1-3H3. The highest BCUT2D eigenvalue weighted by molar-refractivity contribution is 7.90. The molecule has 9 heteroatoms. The highest BCUT2D eigenvalue weighted by Gasteiger charge is 2.38. The predicted octanol–water partition coefficient (Wildman–Crippen LogP) is 4.86. The maximum absolute atomic E-state index is 13.9. The molecule has 0 saturated heterocycles. The summed E-state index contributed by atoms with van der Waals surface area (Å²) in [5.74, 6) is 0.287. The van der Waals surface area contributed by atoms with Crippen LogP contribution in [0.2, 0.25) is 0 Å². The molecule has 0 aliphatic carbocycles. The molecule has 0 amide bonds. The largest absolute Gasteiger partial charge is 0.497 e. The van der Waals surface area contributed by atoms with Gasteiger partial charge in [-0.05, 0) is 41.0 Å². The van der Waals surface area contributed by atoms with Crippen molar-refractivity contribution in [2.45, 2.75) is 11.1 Å². The number of sulfone groups is 1. The van der Waals surface area contributed by atoms with Gasteiger partial charge in [-0.15, -0.1) is 0 Å². The highest BCUT2D eigenvalue weighted by atomic mass is 32.2. The minimum absolute atomic E-state index is 0.0642. The van der Waals surface area contributed by atoms with Crippen LogP contribution in [0.3, 0.4) is 0 Å². The number of ether oxygens (including phenoxy) is 2. The third-order valence-electron chi connectivity index (χ3n) is 4.45. The smallest absolute Gasteiger partial charge is 0.434 e. The summed E-state index contributed by atoms with van der Waals surface area (Å²) in [4.78, 5) is 3.71. The number of rotatable bonds is 5. The number of halogens is 3. The Labute approximate surface area is 172 Å². The zero-order valence-electron chi connectivity index (χ0n) is 16.3. The van der Waals surface area contributed by atoms with Gasteiger partial charge in [0.2, 0.25) is 5.88 Å². The predicted molar refractivity (Wildman–Crippen MR) is 106 cm³/mol. The first-order valence-corrected chi connectivity index (χ1v) is 10.5. The molecule has 5 nitrogen and oxygen atoms in total. The van der Waals surface area contributed by atoms with Crippen LogP contribution in [0.4, 0.5) is 13.2 Å². The molecule has 1 heterocycles. The summed E-state index contributed by atoms with van der Waals surface area (Å²) in [6, 6.07) is 13.1. The lowest BCUT2D eigenvalue weighted by molar-refractivity contribution is -0.140. The Balaban J connectivity index is 2.32. The van der Waals surface area contributed by atoms with Crippen molar-refractivity contribution in [2.24, 2.45) is 0 Å². The Morgan fingerprint density at radius 1 is 0.867 bits per heavy atom. The van der Waals surface area contributed by atoms with Gasteiger partial charge in [0.25, 0.3) is 0 Å². The van der Waals surface area contributed by atoms with Gasteiger partial charge >= 0.3 is 6.18 Å². The lowest BCUT2D eigenvalue weighted by Gasteiger charge is -2.18. The van der Waals surface area contributed by atoms with Crippen LogP contribution < -0.4 is 9.47 Å². The Bertz CT molecular complexity index is 1160. The monoisotopic (exact) mass is 437 g/mol. The number of benzene rings is 2. The summed E-state index contributed by atoms with van der Waals surface area (Å²) in [6.07, 6.45) is -3.69. The van der Waals surface area contributed by atoms with E-state index in [2.05, 4.69) is 4.98 Å². The van der Waals surface area contributed by atoms with E-state index in [4.69, 9.17) is 9.47 Å². The zero-order chi connectivity index (χ0) is 22.1. The van der Waals surface area contributed by atoms with Gasteiger partial charge in [0.1, 0.15) is 5.75 Å². The van der Waals surface area contributed by atoms with Gasteiger partial charge in [-0.25, -0.2) is 13.4 Å². The summed E-state index contributed by atoms with van der Waals surface area (Å²) in [6.45, 7) is 0. The van der Waals surface area contributed by atoms with Crippen LogP contribution in [-0.2, 0) is 16.0 Å². The summed E-state index contributed by atoms with van der Waals surface area (Å²) < 4.78 is 75.2. The Kier molecular flexibility index (Phi) is 5.76. The van der Waals surface area contributed by atoms with Gasteiger partial charge in [0.15, 0.2) is 15.5 Å². The number of hydrogen-bond donors (Lipinski definition) is 0. The summed E-state index contributed by atoms with van der Waals surface area (Å²) in [5, 5.41) is 0. The maximum atomic E-state index is 13.9. The third kappa shape index (κ3) is 4.40. The van der Waals surface area contributed by atoms with Crippen LogP contribution in [0.25, 0.3) is 22.3 Å². The molecule has 0 radical (unpaired) electrons. The van der Waals surface area contributed by atoms with E-state index in [-0.39, 0.29) is 27.5 Å². The minimum atomic E-state index is -4.74. The second-order valence-corrected chi connectivity index (χ2v) is 8.47. The molecule has 30 heavy (non-hydrogen) atoms. The fourth-order valence-corrected chi connectivity index (χ4v) is 3.62. The van der Waals surface area contributed by atoms with Crippen molar-refractivity contribution in [3.05, 3.63) is 60.3 Å². The molecule has 2 aromatic carbocycles. The van der Waals surface area contributed by atoms with Crippen molar-refractivity contribution in [1.82, 2.24) is 4.98 Å². The van der Waals surface area contributed by atoms with Crippen molar-refractivity contribution in [3.8, 4) is 33.9 Å². The van der Waals surface area contributed by atoms with Crippen LogP contribution in [0.5, 0.6) is 11.6 Å². The number of nitrogens with zero attached hydrogens (tertiary/aromatic N) is 1. The van der Waals surface area contributed by atoms with Crippen LogP contribution >= 0.6 is 0 Å². The first kappa shape index (κ1) is 21.6. The molecule has 0 unspecified atom stereocenters. The molecule has 0 aliphatic rings. The SMILES string of the molecule is COc1ccc(-c2c(-c3ccc(S(C)(=O)=O)cc3)cc(OC)nc2C(F)(F)F)cc1. The van der Waals surface area contributed by atoms with Crippen LogP contribution in [0.15, 0.2) is 59.5 Å². The molecule has 0 saturated carbocycles. The van der Waals surface area contributed by atoms with Crippen molar-refractivity contribution < 1.29 is 31.1 Å².